The number of allylic oxidation sites excluding steroid dienone is 1. The van der Waals surface area contributed by atoms with Gasteiger partial charge in [-0.25, -0.2) is 0 Å². The van der Waals surface area contributed by atoms with Gasteiger partial charge in [0, 0.05) is 6.20 Å². The number of nitrogens with one attached hydrogen (secondary N) is 1. The van der Waals surface area contributed by atoms with E-state index in [2.05, 4.69) is 79.1 Å². The van der Waals surface area contributed by atoms with E-state index in [1.54, 1.807) is 0 Å². The molecule has 0 radical (unpaired) electrons. The standard InChI is InChI=1S/C19H21N/c1-2-15-13-19(17-11-7-4-8-12-17)20-14-18(15)16-9-5-3-6-10-16/h3-12,14-15,19-20H,2,13H2,1H3. The van der Waals surface area contributed by atoms with E-state index in [1.165, 1.54) is 29.5 Å². The lowest BCUT2D eigenvalue weighted by molar-refractivity contribution is 0.452. The zero-order chi connectivity index (χ0) is 13.8. The molecule has 1 N–H and O–H groups in total. The minimum absolute atomic E-state index is 0.439. The van der Waals surface area contributed by atoms with Gasteiger partial charge in [-0.15, -0.1) is 0 Å². The van der Waals surface area contributed by atoms with Crippen LogP contribution >= 0.6 is 0 Å². The van der Waals surface area contributed by atoms with Crippen LogP contribution in [0.3, 0.4) is 0 Å². The van der Waals surface area contributed by atoms with Crippen molar-refractivity contribution in [2.75, 3.05) is 0 Å². The van der Waals surface area contributed by atoms with Gasteiger partial charge in [0.05, 0.1) is 6.04 Å². The molecule has 1 aliphatic heterocycles. The van der Waals surface area contributed by atoms with E-state index in [-0.39, 0.29) is 0 Å². The Morgan fingerprint density at radius 2 is 1.60 bits per heavy atom. The van der Waals surface area contributed by atoms with Gasteiger partial charge in [0.1, 0.15) is 0 Å². The molecule has 0 saturated heterocycles. The summed E-state index contributed by atoms with van der Waals surface area (Å²) in [6.07, 6.45) is 4.58. The predicted octanol–water partition coefficient (Wildman–Crippen LogP) is 4.79. The van der Waals surface area contributed by atoms with Gasteiger partial charge in [-0.3, -0.25) is 0 Å². The summed E-state index contributed by atoms with van der Waals surface area (Å²) in [5.74, 6) is 0.629. The lowest BCUT2D eigenvalue weighted by Crippen LogP contribution is -2.25. The SMILES string of the molecule is CCC1CC(c2ccccc2)NC=C1c1ccccc1. The summed E-state index contributed by atoms with van der Waals surface area (Å²) in [6.45, 7) is 2.29. The Kier molecular flexibility index (Phi) is 3.87. The van der Waals surface area contributed by atoms with Crippen molar-refractivity contribution in [1.82, 2.24) is 5.32 Å². The van der Waals surface area contributed by atoms with Gasteiger partial charge < -0.3 is 5.32 Å². The van der Waals surface area contributed by atoms with Crippen LogP contribution < -0.4 is 5.32 Å². The third-order valence-electron chi connectivity index (χ3n) is 4.20. The molecule has 2 aromatic rings. The highest BCUT2D eigenvalue weighted by Gasteiger charge is 2.24. The summed E-state index contributed by atoms with van der Waals surface area (Å²) >= 11 is 0. The molecule has 20 heavy (non-hydrogen) atoms. The summed E-state index contributed by atoms with van der Waals surface area (Å²) < 4.78 is 0. The van der Waals surface area contributed by atoms with Crippen molar-refractivity contribution in [1.29, 1.82) is 0 Å². The Hall–Kier alpha value is -2.02. The van der Waals surface area contributed by atoms with Crippen LogP contribution in [0.15, 0.2) is 66.9 Å². The molecule has 0 amide bonds. The van der Waals surface area contributed by atoms with Gasteiger partial charge in [-0.1, -0.05) is 67.6 Å². The maximum Gasteiger partial charge on any atom is 0.0514 e. The molecule has 0 aliphatic carbocycles. The summed E-state index contributed by atoms with van der Waals surface area (Å²) in [5.41, 5.74) is 4.17. The molecular weight excluding hydrogens is 242 g/mol. The molecule has 2 atom stereocenters. The van der Waals surface area contributed by atoms with Gasteiger partial charge >= 0.3 is 0 Å². The smallest absolute Gasteiger partial charge is 0.0514 e. The third-order valence-corrected chi connectivity index (χ3v) is 4.20. The van der Waals surface area contributed by atoms with Crippen LogP contribution in [0.4, 0.5) is 0 Å². The molecule has 0 bridgehead atoms. The summed E-state index contributed by atoms with van der Waals surface area (Å²) in [4.78, 5) is 0. The predicted molar refractivity (Wildman–Crippen MR) is 85.1 cm³/mol. The van der Waals surface area contributed by atoms with Gasteiger partial charge in [0.25, 0.3) is 0 Å². The lowest BCUT2D eigenvalue weighted by Gasteiger charge is -2.31. The topological polar surface area (TPSA) is 12.0 Å². The van der Waals surface area contributed by atoms with Crippen LogP contribution in [0.5, 0.6) is 0 Å². The van der Waals surface area contributed by atoms with E-state index in [0.29, 0.717) is 12.0 Å². The molecule has 1 nitrogen and oxygen atoms in total. The maximum atomic E-state index is 3.59. The molecule has 1 heterocycles. The molecule has 0 fully saturated rings. The van der Waals surface area contributed by atoms with E-state index in [0.717, 1.165) is 0 Å². The highest BCUT2D eigenvalue weighted by atomic mass is 14.9. The fourth-order valence-electron chi connectivity index (χ4n) is 3.04. The van der Waals surface area contributed by atoms with E-state index >= 15 is 0 Å². The van der Waals surface area contributed by atoms with E-state index in [4.69, 9.17) is 0 Å². The number of hydrogen-bond donors (Lipinski definition) is 1. The van der Waals surface area contributed by atoms with Gasteiger partial charge in [0.2, 0.25) is 0 Å². The number of hydrogen-bond acceptors (Lipinski definition) is 1. The number of rotatable bonds is 3. The zero-order valence-electron chi connectivity index (χ0n) is 11.9. The van der Waals surface area contributed by atoms with Crippen molar-refractivity contribution in [3.05, 3.63) is 78.0 Å². The second kappa shape index (κ2) is 5.96. The van der Waals surface area contributed by atoms with Crippen molar-refractivity contribution < 1.29 is 0 Å². The van der Waals surface area contributed by atoms with E-state index in [1.807, 2.05) is 0 Å². The van der Waals surface area contributed by atoms with Crippen LogP contribution in [0, 0.1) is 5.92 Å². The maximum absolute atomic E-state index is 3.59. The van der Waals surface area contributed by atoms with Crippen LogP contribution in [-0.4, -0.2) is 0 Å². The first kappa shape index (κ1) is 13.0. The molecule has 2 aromatic carbocycles. The molecule has 0 spiro atoms. The molecule has 2 unspecified atom stereocenters. The summed E-state index contributed by atoms with van der Waals surface area (Å²) in [7, 11) is 0. The first-order chi connectivity index (χ1) is 9.88. The van der Waals surface area contributed by atoms with Gasteiger partial charge in [0.15, 0.2) is 0 Å². The fourth-order valence-corrected chi connectivity index (χ4v) is 3.04. The molecular formula is C19H21N. The minimum Gasteiger partial charge on any atom is -0.384 e. The van der Waals surface area contributed by atoms with Crippen LogP contribution in [0.1, 0.15) is 36.9 Å². The van der Waals surface area contributed by atoms with Crippen molar-refractivity contribution >= 4 is 5.57 Å². The van der Waals surface area contributed by atoms with E-state index in [9.17, 15) is 0 Å². The Bertz CT molecular complexity index is 571. The first-order valence-electron chi connectivity index (χ1n) is 7.45. The fraction of sp³-hybridized carbons (Fsp3) is 0.263. The molecule has 0 saturated carbocycles. The highest BCUT2D eigenvalue weighted by Crippen LogP contribution is 2.36. The third kappa shape index (κ3) is 2.62. The average Bonchev–Trinajstić information content (AvgIpc) is 2.56. The molecule has 1 heteroatoms. The van der Waals surface area contributed by atoms with Gasteiger partial charge in [-0.05, 0) is 35.5 Å². The zero-order valence-corrected chi connectivity index (χ0v) is 11.9. The lowest BCUT2D eigenvalue weighted by atomic mass is 9.82. The van der Waals surface area contributed by atoms with Gasteiger partial charge in [-0.2, -0.15) is 0 Å². The molecule has 102 valence electrons. The van der Waals surface area contributed by atoms with Crippen LogP contribution in [-0.2, 0) is 0 Å². The van der Waals surface area contributed by atoms with Crippen LogP contribution in [0.25, 0.3) is 5.57 Å². The Morgan fingerprint density at radius 1 is 0.950 bits per heavy atom. The van der Waals surface area contributed by atoms with Crippen molar-refractivity contribution in [3.63, 3.8) is 0 Å². The van der Waals surface area contributed by atoms with Crippen molar-refractivity contribution in [3.8, 4) is 0 Å². The summed E-state index contributed by atoms with van der Waals surface area (Å²) in [6, 6.07) is 21.9. The van der Waals surface area contributed by atoms with E-state index < -0.39 is 0 Å². The highest BCUT2D eigenvalue weighted by molar-refractivity contribution is 5.68. The molecule has 1 aliphatic rings. The Labute approximate surface area is 121 Å². The monoisotopic (exact) mass is 263 g/mol. The molecule has 3 rings (SSSR count). The Morgan fingerprint density at radius 3 is 2.25 bits per heavy atom. The normalized spacial score (nSPS) is 21.9. The van der Waals surface area contributed by atoms with Crippen molar-refractivity contribution in [2.24, 2.45) is 5.92 Å². The molecule has 0 aromatic heterocycles. The summed E-state index contributed by atoms with van der Waals surface area (Å²) in [5, 5.41) is 3.59. The number of benzene rings is 2. The second-order valence-electron chi connectivity index (χ2n) is 5.44. The second-order valence-corrected chi connectivity index (χ2v) is 5.44. The largest absolute Gasteiger partial charge is 0.384 e. The van der Waals surface area contributed by atoms with Crippen LogP contribution in [0.2, 0.25) is 0 Å². The van der Waals surface area contributed by atoms with Crippen molar-refractivity contribution in [2.45, 2.75) is 25.8 Å². The first-order valence-corrected chi connectivity index (χ1v) is 7.45. The Balaban J connectivity index is 1.86. The minimum atomic E-state index is 0.439. The quantitative estimate of drug-likeness (QED) is 0.839. The average molecular weight is 263 g/mol.